The fourth-order valence-electron chi connectivity index (χ4n) is 8.96. The molecule has 3 saturated carbocycles. The van der Waals surface area contributed by atoms with Gasteiger partial charge in [0, 0.05) is 24.7 Å². The molecule has 0 heterocycles. The number of hydrogen-bond acceptors (Lipinski definition) is 7. The zero-order valence-corrected chi connectivity index (χ0v) is 25.1. The van der Waals surface area contributed by atoms with E-state index in [1.165, 1.54) is 0 Å². The normalized spacial score (nSPS) is 36.6. The van der Waals surface area contributed by atoms with Crippen LogP contribution >= 0.6 is 0 Å². The SMILES string of the molecule is CCCCCCC(=O)OC1(C(=O)COC(=O)CCCC)CCC2C3CCC4=CC(=O)CCC4(C)C3C(O)CC21C. The number of aliphatic hydroxyl groups excluding tert-OH is 1. The Kier molecular flexibility index (Phi) is 9.64. The maximum absolute atomic E-state index is 14.0. The third kappa shape index (κ3) is 5.56. The lowest BCUT2D eigenvalue weighted by molar-refractivity contribution is -0.203. The average molecular weight is 559 g/mol. The number of carbonyl (C=O) groups excluding carboxylic acids is 4. The predicted molar refractivity (Wildman–Crippen MR) is 151 cm³/mol. The molecule has 0 aromatic carbocycles. The Morgan fingerprint density at radius 3 is 2.40 bits per heavy atom. The number of ether oxygens (including phenoxy) is 2. The second-order valence-corrected chi connectivity index (χ2v) is 13.4. The van der Waals surface area contributed by atoms with Gasteiger partial charge in [-0.25, -0.2) is 0 Å². The van der Waals surface area contributed by atoms with Crippen molar-refractivity contribution >= 4 is 23.5 Å². The van der Waals surface area contributed by atoms with E-state index in [-0.39, 0.29) is 53.5 Å². The fraction of sp³-hybridized carbons (Fsp3) is 0.818. The van der Waals surface area contributed by atoms with Gasteiger partial charge < -0.3 is 14.6 Å². The molecule has 3 fully saturated rings. The molecule has 4 aliphatic carbocycles. The summed E-state index contributed by atoms with van der Waals surface area (Å²) in [5, 5.41) is 11.8. The first-order chi connectivity index (χ1) is 19.0. The van der Waals surface area contributed by atoms with Crippen molar-refractivity contribution in [1.29, 1.82) is 0 Å². The minimum absolute atomic E-state index is 0.00111. The van der Waals surface area contributed by atoms with Gasteiger partial charge >= 0.3 is 11.9 Å². The summed E-state index contributed by atoms with van der Waals surface area (Å²) in [4.78, 5) is 51.8. The molecule has 7 heteroatoms. The standard InChI is InChI=1S/C33H50O7/c1-5-7-9-10-12-29(38)40-33(27(36)21-39-28(37)11-8-6-2)18-16-25-24-14-13-22-19-23(34)15-17-31(22,3)30(24)26(35)20-32(25,33)4/h19,24-26,30,35H,5-18,20-21H2,1-4H3. The lowest BCUT2D eigenvalue weighted by atomic mass is 9.45. The van der Waals surface area contributed by atoms with Crippen LogP contribution in [0, 0.1) is 28.6 Å². The number of carbonyl (C=O) groups is 4. The van der Waals surface area contributed by atoms with Crippen LogP contribution < -0.4 is 0 Å². The Morgan fingerprint density at radius 1 is 0.950 bits per heavy atom. The van der Waals surface area contributed by atoms with E-state index in [0.29, 0.717) is 32.1 Å². The second kappa shape index (κ2) is 12.5. The summed E-state index contributed by atoms with van der Waals surface area (Å²) < 4.78 is 11.7. The number of ketones is 2. The van der Waals surface area contributed by atoms with Crippen molar-refractivity contribution < 1.29 is 33.8 Å². The van der Waals surface area contributed by atoms with E-state index in [1.54, 1.807) is 0 Å². The maximum Gasteiger partial charge on any atom is 0.306 e. The topological polar surface area (TPSA) is 107 Å². The monoisotopic (exact) mass is 558 g/mol. The average Bonchev–Trinajstić information content (AvgIpc) is 3.20. The van der Waals surface area contributed by atoms with Crippen LogP contribution in [0.2, 0.25) is 0 Å². The molecule has 7 nitrogen and oxygen atoms in total. The molecule has 7 unspecified atom stereocenters. The van der Waals surface area contributed by atoms with Crippen molar-refractivity contribution in [2.24, 2.45) is 28.6 Å². The van der Waals surface area contributed by atoms with Crippen molar-refractivity contribution in [3.05, 3.63) is 11.6 Å². The molecule has 7 atom stereocenters. The third-order valence-corrected chi connectivity index (χ3v) is 11.1. The van der Waals surface area contributed by atoms with Crippen molar-refractivity contribution in [1.82, 2.24) is 0 Å². The fourth-order valence-corrected chi connectivity index (χ4v) is 8.96. The molecule has 0 bridgehead atoms. The van der Waals surface area contributed by atoms with Crippen molar-refractivity contribution in [3.8, 4) is 0 Å². The molecule has 4 aliphatic rings. The molecular formula is C33H50O7. The Bertz CT molecular complexity index is 1020. The minimum Gasteiger partial charge on any atom is -0.457 e. The molecule has 0 aliphatic heterocycles. The van der Waals surface area contributed by atoms with Crippen molar-refractivity contribution in [2.75, 3.05) is 6.61 Å². The highest BCUT2D eigenvalue weighted by atomic mass is 16.6. The molecular weight excluding hydrogens is 508 g/mol. The smallest absolute Gasteiger partial charge is 0.306 e. The van der Waals surface area contributed by atoms with E-state index in [9.17, 15) is 24.3 Å². The van der Waals surface area contributed by atoms with Crippen LogP contribution in [0.5, 0.6) is 0 Å². The Hall–Kier alpha value is -2.02. The number of fused-ring (bicyclic) bond motifs is 5. The van der Waals surface area contributed by atoms with Gasteiger partial charge in [0.15, 0.2) is 18.0 Å². The van der Waals surface area contributed by atoms with Gasteiger partial charge in [0.05, 0.1) is 6.10 Å². The van der Waals surface area contributed by atoms with E-state index in [2.05, 4.69) is 13.8 Å². The molecule has 4 rings (SSSR count). The second-order valence-electron chi connectivity index (χ2n) is 13.4. The number of Topliss-reactive ketones (excluding diaryl/α,β-unsaturated/α-hetero) is 1. The summed E-state index contributed by atoms with van der Waals surface area (Å²) in [5.74, 6) is -0.732. The molecule has 0 aromatic heterocycles. The van der Waals surface area contributed by atoms with Crippen LogP contribution in [0.15, 0.2) is 11.6 Å². The zero-order chi connectivity index (χ0) is 29.1. The number of hydrogen-bond donors (Lipinski definition) is 1. The summed E-state index contributed by atoms with van der Waals surface area (Å²) in [5.41, 5.74) is -1.26. The van der Waals surface area contributed by atoms with E-state index in [0.717, 1.165) is 56.9 Å². The summed E-state index contributed by atoms with van der Waals surface area (Å²) in [7, 11) is 0. The molecule has 1 N–H and O–H groups in total. The number of rotatable bonds is 12. The predicted octanol–water partition coefficient (Wildman–Crippen LogP) is 6.04. The maximum atomic E-state index is 14.0. The highest BCUT2D eigenvalue weighted by Crippen LogP contribution is 2.68. The Balaban J connectivity index is 1.61. The molecule has 224 valence electrons. The molecule has 0 saturated heterocycles. The van der Waals surface area contributed by atoms with Crippen LogP contribution in [-0.2, 0) is 28.7 Å². The van der Waals surface area contributed by atoms with Crippen LogP contribution in [0.4, 0.5) is 0 Å². The van der Waals surface area contributed by atoms with E-state index in [4.69, 9.17) is 9.47 Å². The first kappa shape index (κ1) is 30.9. The number of unbranched alkanes of at least 4 members (excludes halogenated alkanes) is 4. The molecule has 40 heavy (non-hydrogen) atoms. The zero-order valence-electron chi connectivity index (χ0n) is 25.1. The lowest BCUT2D eigenvalue weighted by Gasteiger charge is -2.60. The summed E-state index contributed by atoms with van der Waals surface area (Å²) in [6, 6.07) is 0. The van der Waals surface area contributed by atoms with E-state index < -0.39 is 29.7 Å². The van der Waals surface area contributed by atoms with Gasteiger partial charge in [-0.2, -0.15) is 0 Å². The lowest BCUT2D eigenvalue weighted by Crippen LogP contribution is -2.63. The van der Waals surface area contributed by atoms with Crippen LogP contribution in [0.25, 0.3) is 0 Å². The highest BCUT2D eigenvalue weighted by molar-refractivity contribution is 5.93. The highest BCUT2D eigenvalue weighted by Gasteiger charge is 2.70. The number of esters is 2. The summed E-state index contributed by atoms with van der Waals surface area (Å²) >= 11 is 0. The quantitative estimate of drug-likeness (QED) is 0.230. The van der Waals surface area contributed by atoms with Crippen LogP contribution in [0.3, 0.4) is 0 Å². The summed E-state index contributed by atoms with van der Waals surface area (Å²) in [6.45, 7) is 7.91. The minimum atomic E-state index is -1.42. The van der Waals surface area contributed by atoms with Gasteiger partial charge in [-0.15, -0.1) is 0 Å². The van der Waals surface area contributed by atoms with Crippen LogP contribution in [0.1, 0.15) is 124 Å². The van der Waals surface area contributed by atoms with E-state index in [1.807, 2.05) is 19.9 Å². The number of allylic oxidation sites excluding steroid dienone is 1. The Labute approximate surface area is 239 Å². The van der Waals surface area contributed by atoms with Gasteiger partial charge in [-0.05, 0) is 80.6 Å². The van der Waals surface area contributed by atoms with Crippen LogP contribution in [-0.4, -0.2) is 46.9 Å². The third-order valence-electron chi connectivity index (χ3n) is 11.1. The van der Waals surface area contributed by atoms with Crippen molar-refractivity contribution in [3.63, 3.8) is 0 Å². The summed E-state index contributed by atoms with van der Waals surface area (Å²) in [6.07, 6.45) is 11.3. The van der Waals surface area contributed by atoms with Crippen molar-refractivity contribution in [2.45, 2.75) is 136 Å². The Morgan fingerprint density at radius 2 is 1.68 bits per heavy atom. The van der Waals surface area contributed by atoms with E-state index >= 15 is 0 Å². The number of aliphatic hydroxyl groups is 1. The molecule has 0 amide bonds. The molecule has 0 spiro atoms. The molecule has 0 radical (unpaired) electrons. The van der Waals surface area contributed by atoms with Gasteiger partial charge in [-0.1, -0.05) is 59.0 Å². The van der Waals surface area contributed by atoms with Gasteiger partial charge in [0.2, 0.25) is 5.78 Å². The first-order valence-corrected chi connectivity index (χ1v) is 15.8. The molecule has 0 aromatic rings. The van der Waals surface area contributed by atoms with Gasteiger partial charge in [-0.3, -0.25) is 19.2 Å². The first-order valence-electron chi connectivity index (χ1n) is 15.8. The largest absolute Gasteiger partial charge is 0.457 e. The van der Waals surface area contributed by atoms with Gasteiger partial charge in [0.25, 0.3) is 0 Å². The van der Waals surface area contributed by atoms with Gasteiger partial charge in [0.1, 0.15) is 0 Å².